The van der Waals surface area contributed by atoms with Gasteiger partial charge in [-0.05, 0) is 37.8 Å². The number of hydrogen-bond donors (Lipinski definition) is 1. The lowest BCUT2D eigenvalue weighted by atomic mass is 10.1. The number of halogens is 1. The van der Waals surface area contributed by atoms with Crippen molar-refractivity contribution in [3.63, 3.8) is 0 Å². The fourth-order valence-corrected chi connectivity index (χ4v) is 4.48. The van der Waals surface area contributed by atoms with Crippen LogP contribution in [0.5, 0.6) is 0 Å². The van der Waals surface area contributed by atoms with Gasteiger partial charge in [0.25, 0.3) is 0 Å². The summed E-state index contributed by atoms with van der Waals surface area (Å²) < 4.78 is 0. The van der Waals surface area contributed by atoms with E-state index < -0.39 is 0 Å². The maximum Gasteiger partial charge on any atom is 0.0583 e. The van der Waals surface area contributed by atoms with E-state index in [1.807, 2.05) is 11.3 Å². The van der Waals surface area contributed by atoms with E-state index in [1.54, 1.807) is 4.88 Å². The second-order valence-corrected chi connectivity index (χ2v) is 5.74. The second kappa shape index (κ2) is 3.51. The minimum atomic E-state index is 0.693. The summed E-state index contributed by atoms with van der Waals surface area (Å²) in [6.45, 7) is 2.28. The van der Waals surface area contributed by atoms with Crippen LogP contribution in [-0.4, -0.2) is 13.1 Å². The Morgan fingerprint density at radius 3 is 3.00 bits per heavy atom. The Balaban J connectivity index is 1.98. The number of nitrogens with one attached hydrogen (secondary N) is 1. The minimum absolute atomic E-state index is 0.693. The molecule has 1 atom stereocenters. The number of fused-ring (bicyclic) bond motifs is 1. The zero-order valence-corrected chi connectivity index (χ0v) is 9.68. The van der Waals surface area contributed by atoms with Gasteiger partial charge >= 0.3 is 0 Å². The van der Waals surface area contributed by atoms with E-state index in [0.29, 0.717) is 5.92 Å². The lowest BCUT2D eigenvalue weighted by Gasteiger charge is -2.06. The molecule has 14 heavy (non-hydrogen) atoms. The lowest BCUT2D eigenvalue weighted by molar-refractivity contribution is 0.777. The maximum absolute atomic E-state index is 6.43. The van der Waals surface area contributed by atoms with Crippen LogP contribution in [-0.2, 0) is 12.8 Å². The van der Waals surface area contributed by atoms with Crippen LogP contribution in [0, 0.1) is 0 Å². The lowest BCUT2D eigenvalue weighted by Crippen LogP contribution is -2.07. The van der Waals surface area contributed by atoms with E-state index in [9.17, 15) is 0 Å². The van der Waals surface area contributed by atoms with Crippen LogP contribution in [0.15, 0.2) is 0 Å². The van der Waals surface area contributed by atoms with Crippen LogP contribution >= 0.6 is 22.9 Å². The third-order valence-electron chi connectivity index (χ3n) is 3.31. The molecule has 0 spiro atoms. The average Bonchev–Trinajstić information content (AvgIpc) is 2.84. The molecule has 2 heterocycles. The molecule has 76 valence electrons. The number of thiophene rings is 1. The van der Waals surface area contributed by atoms with Crippen LogP contribution in [0.3, 0.4) is 0 Å². The number of aryl methyl sites for hydroxylation is 1. The van der Waals surface area contributed by atoms with Gasteiger partial charge in [-0.2, -0.15) is 0 Å². The summed E-state index contributed by atoms with van der Waals surface area (Å²) in [5.74, 6) is 0.693. The zero-order valence-electron chi connectivity index (χ0n) is 8.11. The van der Waals surface area contributed by atoms with Crippen LogP contribution in [0.1, 0.15) is 34.1 Å². The van der Waals surface area contributed by atoms with Gasteiger partial charge in [-0.3, -0.25) is 0 Å². The zero-order chi connectivity index (χ0) is 9.54. The van der Waals surface area contributed by atoms with Gasteiger partial charge in [0.1, 0.15) is 0 Å². The summed E-state index contributed by atoms with van der Waals surface area (Å²) in [7, 11) is 0. The number of rotatable bonds is 1. The molecule has 1 saturated heterocycles. The Hall–Kier alpha value is -0.0500. The monoisotopic (exact) mass is 227 g/mol. The van der Waals surface area contributed by atoms with E-state index >= 15 is 0 Å². The first kappa shape index (κ1) is 9.20. The molecule has 1 N–H and O–H groups in total. The van der Waals surface area contributed by atoms with Crippen molar-refractivity contribution in [1.82, 2.24) is 5.32 Å². The molecule has 3 heteroatoms. The molecular formula is C11H14ClNS. The summed E-state index contributed by atoms with van der Waals surface area (Å²) in [5.41, 5.74) is 1.47. The summed E-state index contributed by atoms with van der Waals surface area (Å²) in [5, 5.41) is 4.52. The highest BCUT2D eigenvalue weighted by molar-refractivity contribution is 7.13. The molecular weight excluding hydrogens is 214 g/mol. The first-order chi connectivity index (χ1) is 6.86. The quantitative estimate of drug-likeness (QED) is 0.778. The van der Waals surface area contributed by atoms with Crippen molar-refractivity contribution in [2.45, 2.75) is 31.6 Å². The molecule has 3 rings (SSSR count). The van der Waals surface area contributed by atoms with Crippen molar-refractivity contribution in [2.75, 3.05) is 13.1 Å². The van der Waals surface area contributed by atoms with Crippen molar-refractivity contribution in [2.24, 2.45) is 0 Å². The van der Waals surface area contributed by atoms with Gasteiger partial charge in [0.05, 0.1) is 5.02 Å². The van der Waals surface area contributed by atoms with E-state index in [2.05, 4.69) is 5.32 Å². The van der Waals surface area contributed by atoms with E-state index in [1.165, 1.54) is 36.1 Å². The minimum Gasteiger partial charge on any atom is -0.316 e. The van der Waals surface area contributed by atoms with E-state index in [0.717, 1.165) is 18.1 Å². The average molecular weight is 228 g/mol. The maximum atomic E-state index is 6.43. The van der Waals surface area contributed by atoms with Crippen LogP contribution in [0.2, 0.25) is 5.02 Å². The fourth-order valence-electron chi connectivity index (χ4n) is 2.53. The first-order valence-corrected chi connectivity index (χ1v) is 6.56. The van der Waals surface area contributed by atoms with Gasteiger partial charge in [-0.1, -0.05) is 11.6 Å². The van der Waals surface area contributed by atoms with Gasteiger partial charge in [-0.25, -0.2) is 0 Å². The molecule has 1 aliphatic heterocycles. The van der Waals surface area contributed by atoms with Gasteiger partial charge in [-0.15, -0.1) is 11.3 Å². The first-order valence-electron chi connectivity index (χ1n) is 5.37. The Morgan fingerprint density at radius 2 is 2.29 bits per heavy atom. The predicted octanol–water partition coefficient (Wildman–Crippen LogP) is 2.97. The van der Waals surface area contributed by atoms with Crippen molar-refractivity contribution in [3.05, 3.63) is 20.3 Å². The van der Waals surface area contributed by atoms with Gasteiger partial charge in [0.2, 0.25) is 0 Å². The molecule has 0 aromatic carbocycles. The molecule has 0 bridgehead atoms. The Bertz CT molecular complexity index is 352. The molecule has 1 aromatic heterocycles. The molecule has 1 fully saturated rings. The summed E-state index contributed by atoms with van der Waals surface area (Å²) in [4.78, 5) is 3.03. The molecule has 0 radical (unpaired) electrons. The molecule has 0 amide bonds. The second-order valence-electron chi connectivity index (χ2n) is 4.23. The van der Waals surface area contributed by atoms with Crippen LogP contribution in [0.25, 0.3) is 0 Å². The smallest absolute Gasteiger partial charge is 0.0583 e. The summed E-state index contributed by atoms with van der Waals surface area (Å²) >= 11 is 8.41. The standard InChI is InChI=1S/C11H14ClNS/c12-10-8-2-1-3-9(8)14-11(10)7-4-5-13-6-7/h7,13H,1-6H2. The Morgan fingerprint density at radius 1 is 1.36 bits per heavy atom. The van der Waals surface area contributed by atoms with Crippen LogP contribution < -0.4 is 5.32 Å². The van der Waals surface area contributed by atoms with Crippen molar-refractivity contribution in [1.29, 1.82) is 0 Å². The molecule has 1 aliphatic carbocycles. The summed E-state index contributed by atoms with van der Waals surface area (Å²) in [6, 6.07) is 0. The van der Waals surface area contributed by atoms with Crippen molar-refractivity contribution >= 4 is 22.9 Å². The summed E-state index contributed by atoms with van der Waals surface area (Å²) in [6.07, 6.45) is 5.05. The third kappa shape index (κ3) is 1.32. The Labute approximate surface area is 93.5 Å². The normalized spacial score (nSPS) is 25.6. The predicted molar refractivity (Wildman–Crippen MR) is 61.6 cm³/mol. The van der Waals surface area contributed by atoms with Crippen molar-refractivity contribution in [3.8, 4) is 0 Å². The van der Waals surface area contributed by atoms with Gasteiger partial charge < -0.3 is 5.32 Å². The molecule has 1 unspecified atom stereocenters. The highest BCUT2D eigenvalue weighted by Gasteiger charge is 2.26. The molecule has 1 aromatic rings. The largest absolute Gasteiger partial charge is 0.316 e. The van der Waals surface area contributed by atoms with E-state index in [-0.39, 0.29) is 0 Å². The van der Waals surface area contributed by atoms with Gasteiger partial charge in [0.15, 0.2) is 0 Å². The van der Waals surface area contributed by atoms with Crippen LogP contribution in [0.4, 0.5) is 0 Å². The van der Waals surface area contributed by atoms with E-state index in [4.69, 9.17) is 11.6 Å². The number of hydrogen-bond acceptors (Lipinski definition) is 2. The third-order valence-corrected chi connectivity index (χ3v) is 5.31. The highest BCUT2D eigenvalue weighted by Crippen LogP contribution is 2.43. The highest BCUT2D eigenvalue weighted by atomic mass is 35.5. The molecule has 1 nitrogen and oxygen atoms in total. The topological polar surface area (TPSA) is 12.0 Å². The van der Waals surface area contributed by atoms with Crippen molar-refractivity contribution < 1.29 is 0 Å². The van der Waals surface area contributed by atoms with Gasteiger partial charge in [0, 0.05) is 22.2 Å². The molecule has 2 aliphatic rings. The fraction of sp³-hybridized carbons (Fsp3) is 0.636. The SMILES string of the molecule is Clc1c(C2CCNC2)sc2c1CCC2. The Kier molecular flexibility index (Phi) is 2.31. The molecule has 0 saturated carbocycles.